The number of alkyl halides is 1. The van der Waals surface area contributed by atoms with Gasteiger partial charge in [-0.1, -0.05) is 36.9 Å². The van der Waals surface area contributed by atoms with Crippen LogP contribution in [0.25, 0.3) is 22.0 Å². The first-order chi connectivity index (χ1) is 18.0. The highest BCUT2D eigenvalue weighted by atomic mass is 19.1. The number of rotatable bonds is 7. The summed E-state index contributed by atoms with van der Waals surface area (Å²) in [5.41, 5.74) is 4.08. The van der Waals surface area contributed by atoms with Gasteiger partial charge in [-0.2, -0.15) is 0 Å². The Bertz CT molecular complexity index is 1430. The fraction of sp³-hybridized carbons (Fsp3) is 0.207. The van der Waals surface area contributed by atoms with E-state index >= 15 is 0 Å². The van der Waals surface area contributed by atoms with E-state index in [9.17, 15) is 9.18 Å². The van der Waals surface area contributed by atoms with Crippen LogP contribution >= 0.6 is 0 Å². The molecule has 1 aliphatic rings. The summed E-state index contributed by atoms with van der Waals surface area (Å²) >= 11 is 0. The second-order valence-electron chi connectivity index (χ2n) is 9.08. The van der Waals surface area contributed by atoms with E-state index in [1.54, 1.807) is 6.20 Å². The summed E-state index contributed by atoms with van der Waals surface area (Å²) in [5.74, 6) is 0.813. The van der Waals surface area contributed by atoms with Crippen LogP contribution < -0.4 is 15.4 Å². The molecule has 1 saturated heterocycles. The molecule has 2 heterocycles. The summed E-state index contributed by atoms with van der Waals surface area (Å²) in [7, 11) is 1.92. The van der Waals surface area contributed by atoms with Crippen molar-refractivity contribution in [3.05, 3.63) is 85.6 Å². The summed E-state index contributed by atoms with van der Waals surface area (Å²) in [4.78, 5) is 22.9. The Balaban J connectivity index is 1.34. The molecular weight excluding hydrogens is 469 g/mol. The predicted octanol–water partition coefficient (Wildman–Crippen LogP) is 5.59. The van der Waals surface area contributed by atoms with Crippen LogP contribution in [0, 0.1) is 0 Å². The van der Waals surface area contributed by atoms with E-state index in [-0.39, 0.29) is 5.91 Å². The van der Waals surface area contributed by atoms with Gasteiger partial charge in [0.1, 0.15) is 18.0 Å². The number of carbonyl (C=O) groups excluding carboxylic acids is 1. The zero-order valence-corrected chi connectivity index (χ0v) is 20.5. The van der Waals surface area contributed by atoms with Crippen molar-refractivity contribution in [1.82, 2.24) is 14.9 Å². The third-order valence-electron chi connectivity index (χ3n) is 6.32. The largest absolute Gasteiger partial charge is 0.487 e. The van der Waals surface area contributed by atoms with E-state index in [0.29, 0.717) is 30.4 Å². The third kappa shape index (κ3) is 5.76. The van der Waals surface area contributed by atoms with Gasteiger partial charge in [0.2, 0.25) is 11.9 Å². The van der Waals surface area contributed by atoms with Gasteiger partial charge in [-0.25, -0.2) is 14.4 Å². The summed E-state index contributed by atoms with van der Waals surface area (Å²) < 4.78 is 20.2. The smallest absolute Gasteiger partial charge is 0.247 e. The maximum Gasteiger partial charge on any atom is 0.247 e. The molecule has 2 atom stereocenters. The molecule has 1 aromatic heterocycles. The second-order valence-corrected chi connectivity index (χ2v) is 9.08. The SMILES string of the molecule is C=CC(=O)Nc1cccc(-c2cccc3cnc(Nc4ccc(O[C@@H]5CCN(C)C[C@@H]5F)cc4)nc23)c1. The van der Waals surface area contributed by atoms with Crippen LogP contribution in [0.4, 0.5) is 21.7 Å². The molecule has 37 heavy (non-hydrogen) atoms. The van der Waals surface area contributed by atoms with Gasteiger partial charge in [0.15, 0.2) is 0 Å². The molecule has 1 aliphatic heterocycles. The number of ether oxygens (including phenoxy) is 1. The van der Waals surface area contributed by atoms with Crippen molar-refractivity contribution < 1.29 is 13.9 Å². The number of piperidine rings is 1. The number of nitrogens with one attached hydrogen (secondary N) is 2. The lowest BCUT2D eigenvalue weighted by Gasteiger charge is -2.32. The number of carbonyl (C=O) groups is 1. The normalized spacial score (nSPS) is 17.8. The van der Waals surface area contributed by atoms with Crippen molar-refractivity contribution in [2.75, 3.05) is 30.8 Å². The molecule has 0 spiro atoms. The van der Waals surface area contributed by atoms with E-state index in [1.165, 1.54) is 6.08 Å². The molecule has 2 N–H and O–H groups in total. The van der Waals surface area contributed by atoms with Crippen LogP contribution in [0.2, 0.25) is 0 Å². The summed E-state index contributed by atoms with van der Waals surface area (Å²) in [6.45, 7) is 4.71. The molecule has 5 rings (SSSR count). The lowest BCUT2D eigenvalue weighted by molar-refractivity contribution is -0.111. The number of amides is 1. The van der Waals surface area contributed by atoms with Crippen molar-refractivity contribution in [3.8, 4) is 16.9 Å². The number of benzene rings is 3. The van der Waals surface area contributed by atoms with Crippen molar-refractivity contribution in [1.29, 1.82) is 0 Å². The maximum atomic E-state index is 14.3. The van der Waals surface area contributed by atoms with Gasteiger partial charge in [-0.05, 0) is 61.5 Å². The minimum atomic E-state index is -1.00. The van der Waals surface area contributed by atoms with Gasteiger partial charge in [-0.3, -0.25) is 4.79 Å². The quantitative estimate of drug-likeness (QED) is 0.324. The summed E-state index contributed by atoms with van der Waals surface area (Å²) in [6, 6.07) is 20.8. The molecule has 0 aliphatic carbocycles. The molecule has 4 aromatic rings. The maximum absolute atomic E-state index is 14.3. The molecular formula is C29H28FN5O2. The molecule has 3 aromatic carbocycles. The number of hydrogen-bond donors (Lipinski definition) is 2. The van der Waals surface area contributed by atoms with Gasteiger partial charge in [0, 0.05) is 41.6 Å². The van der Waals surface area contributed by atoms with Crippen LogP contribution in [0.3, 0.4) is 0 Å². The summed E-state index contributed by atoms with van der Waals surface area (Å²) in [5, 5.41) is 6.93. The number of anilines is 3. The van der Waals surface area contributed by atoms with E-state index in [2.05, 4.69) is 22.2 Å². The first kappa shape index (κ1) is 24.4. The average molecular weight is 498 g/mol. The number of fused-ring (bicyclic) bond motifs is 1. The Labute approximate surface area is 215 Å². The standard InChI is InChI=1S/C29H28FN5O2/c1-3-27(36)32-22-8-4-6-19(16-22)24-9-5-7-20-17-31-29(34-28(20)24)33-21-10-12-23(13-11-21)37-26-14-15-35(2)18-25(26)30/h3-13,16-17,25-26H,1,14-15,18H2,2H3,(H,32,36)(H,31,33,34)/t25-,26+/m0/s1. The highest BCUT2D eigenvalue weighted by Gasteiger charge is 2.29. The minimum absolute atomic E-state index is 0.267. The molecule has 0 unspecified atom stereocenters. The number of para-hydroxylation sites is 1. The fourth-order valence-corrected chi connectivity index (χ4v) is 4.40. The highest BCUT2D eigenvalue weighted by molar-refractivity contribution is 6.00. The average Bonchev–Trinajstić information content (AvgIpc) is 2.91. The lowest BCUT2D eigenvalue weighted by atomic mass is 10.0. The van der Waals surface area contributed by atoms with E-state index in [4.69, 9.17) is 9.72 Å². The van der Waals surface area contributed by atoms with Crippen molar-refractivity contribution in [3.63, 3.8) is 0 Å². The van der Waals surface area contributed by atoms with E-state index in [0.717, 1.165) is 34.3 Å². The third-order valence-corrected chi connectivity index (χ3v) is 6.32. The van der Waals surface area contributed by atoms with Crippen LogP contribution in [0.5, 0.6) is 5.75 Å². The zero-order valence-electron chi connectivity index (χ0n) is 20.5. The minimum Gasteiger partial charge on any atom is -0.487 e. The Morgan fingerprint density at radius 3 is 2.73 bits per heavy atom. The molecule has 7 nitrogen and oxygen atoms in total. The van der Waals surface area contributed by atoms with Crippen molar-refractivity contribution >= 4 is 34.1 Å². The van der Waals surface area contributed by atoms with Gasteiger partial charge < -0.3 is 20.3 Å². The molecule has 0 radical (unpaired) electrons. The predicted molar refractivity (Wildman–Crippen MR) is 145 cm³/mol. The Morgan fingerprint density at radius 1 is 1.14 bits per heavy atom. The Hall–Kier alpha value is -4.30. The Morgan fingerprint density at radius 2 is 1.95 bits per heavy atom. The topological polar surface area (TPSA) is 79.4 Å². The van der Waals surface area contributed by atoms with Crippen molar-refractivity contribution in [2.45, 2.75) is 18.7 Å². The number of nitrogens with zero attached hydrogens (tertiary/aromatic N) is 3. The van der Waals surface area contributed by atoms with Crippen LogP contribution in [0.1, 0.15) is 6.42 Å². The fourth-order valence-electron chi connectivity index (χ4n) is 4.40. The molecule has 8 heteroatoms. The van der Waals surface area contributed by atoms with E-state index in [1.807, 2.05) is 78.7 Å². The van der Waals surface area contributed by atoms with Gasteiger partial charge in [0.05, 0.1) is 5.52 Å². The van der Waals surface area contributed by atoms with Crippen LogP contribution in [-0.2, 0) is 4.79 Å². The monoisotopic (exact) mass is 497 g/mol. The van der Waals surface area contributed by atoms with Gasteiger partial charge >= 0.3 is 0 Å². The molecule has 188 valence electrons. The first-order valence-electron chi connectivity index (χ1n) is 12.1. The summed E-state index contributed by atoms with van der Waals surface area (Å²) in [6.07, 6.45) is 2.24. The molecule has 1 fully saturated rings. The number of aromatic nitrogens is 2. The second kappa shape index (κ2) is 10.8. The van der Waals surface area contributed by atoms with Gasteiger partial charge in [0.25, 0.3) is 0 Å². The number of hydrogen-bond acceptors (Lipinski definition) is 6. The number of likely N-dealkylation sites (tertiary alicyclic amines) is 1. The molecule has 1 amide bonds. The van der Waals surface area contributed by atoms with Crippen molar-refractivity contribution in [2.24, 2.45) is 0 Å². The Kier molecular flexibility index (Phi) is 7.09. The lowest BCUT2D eigenvalue weighted by Crippen LogP contribution is -2.45. The van der Waals surface area contributed by atoms with E-state index < -0.39 is 12.3 Å². The van der Waals surface area contributed by atoms with Crippen LogP contribution in [0.15, 0.2) is 85.6 Å². The number of halogens is 1. The first-order valence-corrected chi connectivity index (χ1v) is 12.1. The molecule has 0 saturated carbocycles. The molecule has 0 bridgehead atoms. The highest BCUT2D eigenvalue weighted by Crippen LogP contribution is 2.30. The van der Waals surface area contributed by atoms with Gasteiger partial charge in [-0.15, -0.1) is 0 Å². The zero-order chi connectivity index (χ0) is 25.8. The van der Waals surface area contributed by atoms with Crippen LogP contribution in [-0.4, -0.2) is 53.2 Å².